The van der Waals surface area contributed by atoms with Gasteiger partial charge in [-0.3, -0.25) is 4.40 Å². The summed E-state index contributed by atoms with van der Waals surface area (Å²) in [6.45, 7) is 0. The predicted octanol–water partition coefficient (Wildman–Crippen LogP) is 2.68. The van der Waals surface area contributed by atoms with Crippen molar-refractivity contribution in [2.45, 2.75) is 0 Å². The Morgan fingerprint density at radius 1 is 1.18 bits per heavy atom. The van der Waals surface area contributed by atoms with Crippen LogP contribution >= 0.6 is 15.9 Å². The summed E-state index contributed by atoms with van der Waals surface area (Å²) in [5.74, 6) is 1.14. The van der Waals surface area contributed by atoms with Crippen LogP contribution in [0, 0.1) is 0 Å². The van der Waals surface area contributed by atoms with Crippen LogP contribution in [0.25, 0.3) is 5.65 Å². The summed E-state index contributed by atoms with van der Waals surface area (Å²) in [5, 5.41) is 7.75. The Balaban J connectivity index is 1.99. The second kappa shape index (κ2) is 4.14. The molecule has 17 heavy (non-hydrogen) atoms. The topological polar surface area (TPSA) is 52.3 Å². The van der Waals surface area contributed by atoms with Crippen LogP contribution in [-0.2, 0) is 0 Å². The van der Waals surface area contributed by atoms with Gasteiger partial charge in [0, 0.05) is 16.9 Å². The predicted molar refractivity (Wildman–Crippen MR) is 65.0 cm³/mol. The van der Waals surface area contributed by atoms with Gasteiger partial charge >= 0.3 is 0 Å². The Labute approximate surface area is 105 Å². The van der Waals surface area contributed by atoms with Gasteiger partial charge in [0.25, 0.3) is 5.88 Å². The number of hydrogen-bond acceptors (Lipinski definition) is 4. The van der Waals surface area contributed by atoms with Gasteiger partial charge in [0.15, 0.2) is 0 Å². The summed E-state index contributed by atoms with van der Waals surface area (Å²) >= 11 is 3.37. The molecule has 0 aliphatic carbocycles. The van der Waals surface area contributed by atoms with E-state index >= 15 is 0 Å². The van der Waals surface area contributed by atoms with Crippen LogP contribution in [0.4, 0.5) is 0 Å². The monoisotopic (exact) mass is 290 g/mol. The lowest BCUT2D eigenvalue weighted by molar-refractivity contribution is 0.464. The average molecular weight is 291 g/mol. The van der Waals surface area contributed by atoms with Gasteiger partial charge in [0.2, 0.25) is 5.65 Å². The highest BCUT2D eigenvalue weighted by molar-refractivity contribution is 9.10. The van der Waals surface area contributed by atoms with E-state index in [0.29, 0.717) is 17.3 Å². The van der Waals surface area contributed by atoms with Crippen LogP contribution < -0.4 is 4.74 Å². The Bertz CT molecular complexity index is 650. The minimum Gasteiger partial charge on any atom is -0.436 e. The zero-order valence-corrected chi connectivity index (χ0v) is 10.2. The molecule has 0 saturated heterocycles. The van der Waals surface area contributed by atoms with Crippen molar-refractivity contribution in [3.63, 3.8) is 0 Å². The first-order valence-electron chi connectivity index (χ1n) is 4.91. The van der Waals surface area contributed by atoms with E-state index in [1.54, 1.807) is 23.1 Å². The van der Waals surface area contributed by atoms with Crippen molar-refractivity contribution in [1.29, 1.82) is 0 Å². The van der Waals surface area contributed by atoms with Crippen molar-refractivity contribution in [2.75, 3.05) is 0 Å². The molecule has 0 saturated carbocycles. The molecule has 0 amide bonds. The summed E-state index contributed by atoms with van der Waals surface area (Å²) in [4.78, 5) is 4.14. The van der Waals surface area contributed by atoms with E-state index in [0.717, 1.165) is 4.47 Å². The molecule has 0 aliphatic rings. The van der Waals surface area contributed by atoms with Gasteiger partial charge in [0.1, 0.15) is 12.1 Å². The molecule has 1 aromatic carbocycles. The Hall–Kier alpha value is -1.95. The smallest absolute Gasteiger partial charge is 0.265 e. The maximum atomic E-state index is 5.65. The van der Waals surface area contributed by atoms with E-state index in [9.17, 15) is 0 Å². The molecule has 0 atom stereocenters. The zero-order valence-electron chi connectivity index (χ0n) is 8.62. The van der Waals surface area contributed by atoms with Gasteiger partial charge in [-0.2, -0.15) is 0 Å². The van der Waals surface area contributed by atoms with Gasteiger partial charge in [-0.25, -0.2) is 4.98 Å². The molecule has 6 heteroatoms. The van der Waals surface area contributed by atoms with Crippen molar-refractivity contribution in [1.82, 2.24) is 19.6 Å². The van der Waals surface area contributed by atoms with Gasteiger partial charge in [-0.15, -0.1) is 10.2 Å². The van der Waals surface area contributed by atoms with Crippen LogP contribution in [0.3, 0.4) is 0 Å². The highest BCUT2D eigenvalue weighted by atomic mass is 79.9. The van der Waals surface area contributed by atoms with Crippen molar-refractivity contribution >= 4 is 21.6 Å². The largest absolute Gasteiger partial charge is 0.436 e. The summed E-state index contributed by atoms with van der Waals surface area (Å²) in [6, 6.07) is 7.51. The van der Waals surface area contributed by atoms with Gasteiger partial charge < -0.3 is 4.74 Å². The van der Waals surface area contributed by atoms with E-state index in [2.05, 4.69) is 31.1 Å². The van der Waals surface area contributed by atoms with E-state index < -0.39 is 0 Å². The molecule has 5 nitrogen and oxygen atoms in total. The minimum absolute atomic E-state index is 0.437. The SMILES string of the molecule is Brc1ccc(Oc2nccn3cnnc23)cc1. The molecule has 0 fully saturated rings. The number of ether oxygens (including phenoxy) is 1. The minimum atomic E-state index is 0.437. The standard InChI is InChI=1S/C11H7BrN4O/c12-8-1-3-9(4-2-8)17-11-10-15-14-7-16(10)6-5-13-11/h1-7H. The average Bonchev–Trinajstić information content (AvgIpc) is 2.81. The molecular formula is C11H7BrN4O. The Kier molecular flexibility index (Phi) is 2.49. The normalized spacial score (nSPS) is 10.6. The molecule has 0 N–H and O–H groups in total. The van der Waals surface area contributed by atoms with Crippen LogP contribution in [0.15, 0.2) is 47.5 Å². The molecule has 84 valence electrons. The van der Waals surface area contributed by atoms with Crippen LogP contribution in [0.5, 0.6) is 11.6 Å². The number of fused-ring (bicyclic) bond motifs is 1. The highest BCUT2D eigenvalue weighted by Crippen LogP contribution is 2.23. The maximum absolute atomic E-state index is 5.65. The number of rotatable bonds is 2. The molecule has 0 unspecified atom stereocenters. The number of hydrogen-bond donors (Lipinski definition) is 0. The number of benzene rings is 1. The lowest BCUT2D eigenvalue weighted by atomic mass is 10.3. The molecule has 3 rings (SSSR count). The van der Waals surface area contributed by atoms with Crippen molar-refractivity contribution in [2.24, 2.45) is 0 Å². The lowest BCUT2D eigenvalue weighted by Crippen LogP contribution is -1.92. The zero-order chi connectivity index (χ0) is 11.7. The second-order valence-corrected chi connectivity index (χ2v) is 4.27. The molecule has 2 heterocycles. The van der Waals surface area contributed by atoms with E-state index in [-0.39, 0.29) is 0 Å². The Morgan fingerprint density at radius 3 is 2.82 bits per heavy atom. The van der Waals surface area contributed by atoms with E-state index in [1.165, 1.54) is 0 Å². The summed E-state index contributed by atoms with van der Waals surface area (Å²) in [7, 11) is 0. The first kappa shape index (κ1) is 10.2. The summed E-state index contributed by atoms with van der Waals surface area (Å²) in [5.41, 5.74) is 0.593. The molecule has 0 radical (unpaired) electrons. The molecule has 0 spiro atoms. The lowest BCUT2D eigenvalue weighted by Gasteiger charge is -2.04. The molecule has 0 aliphatic heterocycles. The van der Waals surface area contributed by atoms with E-state index in [1.807, 2.05) is 24.3 Å². The number of nitrogens with zero attached hydrogens (tertiary/aromatic N) is 4. The third-order valence-electron chi connectivity index (χ3n) is 2.21. The fraction of sp³-hybridized carbons (Fsp3) is 0. The quantitative estimate of drug-likeness (QED) is 0.728. The fourth-order valence-electron chi connectivity index (χ4n) is 1.42. The molecule has 3 aromatic rings. The van der Waals surface area contributed by atoms with Gasteiger partial charge in [-0.1, -0.05) is 15.9 Å². The first-order chi connectivity index (χ1) is 8.33. The van der Waals surface area contributed by atoms with E-state index in [4.69, 9.17) is 4.74 Å². The van der Waals surface area contributed by atoms with Gasteiger partial charge in [-0.05, 0) is 24.3 Å². The molecular weight excluding hydrogens is 284 g/mol. The molecule has 2 aromatic heterocycles. The van der Waals surface area contributed by atoms with Crippen LogP contribution in [0.2, 0.25) is 0 Å². The highest BCUT2D eigenvalue weighted by Gasteiger charge is 2.06. The summed E-state index contributed by atoms with van der Waals surface area (Å²) < 4.78 is 8.40. The number of aromatic nitrogens is 4. The fourth-order valence-corrected chi connectivity index (χ4v) is 1.69. The van der Waals surface area contributed by atoms with Crippen molar-refractivity contribution in [3.8, 4) is 11.6 Å². The number of halogens is 1. The Morgan fingerprint density at radius 2 is 2.00 bits per heavy atom. The second-order valence-electron chi connectivity index (χ2n) is 3.35. The third kappa shape index (κ3) is 1.99. The first-order valence-corrected chi connectivity index (χ1v) is 5.70. The van der Waals surface area contributed by atoms with Gasteiger partial charge in [0.05, 0.1) is 0 Å². The molecule has 0 bridgehead atoms. The van der Waals surface area contributed by atoms with Crippen LogP contribution in [0.1, 0.15) is 0 Å². The van der Waals surface area contributed by atoms with Crippen LogP contribution in [-0.4, -0.2) is 19.6 Å². The van der Waals surface area contributed by atoms with Crippen molar-refractivity contribution < 1.29 is 4.74 Å². The maximum Gasteiger partial charge on any atom is 0.265 e. The summed E-state index contributed by atoms with van der Waals surface area (Å²) in [6.07, 6.45) is 5.01. The van der Waals surface area contributed by atoms with Crippen molar-refractivity contribution in [3.05, 3.63) is 47.5 Å². The third-order valence-corrected chi connectivity index (χ3v) is 2.74.